The van der Waals surface area contributed by atoms with E-state index in [9.17, 15) is 14.0 Å². The molecule has 2 N–H and O–H groups in total. The van der Waals surface area contributed by atoms with Crippen molar-refractivity contribution in [2.24, 2.45) is 0 Å². The Kier molecular flexibility index (Phi) is 6.47. The minimum Gasteiger partial charge on any atom is -0.495 e. The molecule has 6 nitrogen and oxygen atoms in total. The number of benzene rings is 2. The molecule has 0 unspecified atom stereocenters. The number of hydrogen-bond acceptors (Lipinski definition) is 4. The Bertz CT molecular complexity index is 751. The Balaban J connectivity index is 1.95. The van der Waals surface area contributed by atoms with Gasteiger partial charge in [0.05, 0.1) is 18.9 Å². The minimum absolute atomic E-state index is 0.0259. The van der Waals surface area contributed by atoms with E-state index in [4.69, 9.17) is 9.47 Å². The molecule has 0 aromatic heterocycles. The van der Waals surface area contributed by atoms with Crippen LogP contribution in [0, 0.1) is 5.82 Å². The van der Waals surface area contributed by atoms with E-state index >= 15 is 0 Å². The number of methoxy groups -OCH3 is 2. The summed E-state index contributed by atoms with van der Waals surface area (Å²) in [5.41, 5.74) is 0.950. The van der Waals surface area contributed by atoms with Crippen LogP contribution in [-0.4, -0.2) is 32.6 Å². The molecule has 0 saturated carbocycles. The van der Waals surface area contributed by atoms with Gasteiger partial charge >= 0.3 is 11.8 Å². The van der Waals surface area contributed by atoms with Crippen molar-refractivity contribution in [2.45, 2.75) is 6.10 Å². The van der Waals surface area contributed by atoms with Gasteiger partial charge in [-0.3, -0.25) is 9.59 Å². The maximum atomic E-state index is 13.3. The third kappa shape index (κ3) is 5.02. The van der Waals surface area contributed by atoms with Crippen LogP contribution in [0.4, 0.5) is 10.1 Å². The monoisotopic (exact) mass is 346 g/mol. The maximum Gasteiger partial charge on any atom is 0.313 e. The second-order valence-electron chi connectivity index (χ2n) is 5.14. The van der Waals surface area contributed by atoms with Gasteiger partial charge in [-0.15, -0.1) is 0 Å². The number of carbonyl (C=O) groups is 2. The number of rotatable bonds is 6. The predicted molar refractivity (Wildman–Crippen MR) is 90.8 cm³/mol. The van der Waals surface area contributed by atoms with Gasteiger partial charge in [-0.2, -0.15) is 0 Å². The molecule has 0 aliphatic carbocycles. The Hall–Kier alpha value is -2.93. The van der Waals surface area contributed by atoms with Crippen LogP contribution in [-0.2, 0) is 14.3 Å². The standard InChI is InChI=1S/C18H19FN2O4/c1-24-15-9-4-3-8-14(15)21-18(23)17(22)20-11-16(25-2)12-6-5-7-13(19)10-12/h3-10,16H,11H2,1-2H3,(H,20,22)(H,21,23)/t16-/m0/s1. The highest BCUT2D eigenvalue weighted by molar-refractivity contribution is 6.39. The first-order valence-corrected chi connectivity index (χ1v) is 7.55. The SMILES string of the molecule is COc1ccccc1NC(=O)C(=O)NC[C@H](OC)c1cccc(F)c1. The fourth-order valence-electron chi connectivity index (χ4n) is 2.24. The lowest BCUT2D eigenvalue weighted by Crippen LogP contribution is -2.38. The zero-order valence-corrected chi connectivity index (χ0v) is 13.9. The van der Waals surface area contributed by atoms with Crippen LogP contribution in [0.2, 0.25) is 0 Å². The Labute approximate surface area is 144 Å². The minimum atomic E-state index is -0.835. The molecule has 2 aromatic rings. The summed E-state index contributed by atoms with van der Waals surface area (Å²) in [6, 6.07) is 12.6. The number of ether oxygens (including phenoxy) is 2. The van der Waals surface area contributed by atoms with Crippen molar-refractivity contribution in [3.8, 4) is 5.75 Å². The van der Waals surface area contributed by atoms with E-state index in [1.54, 1.807) is 36.4 Å². The van der Waals surface area contributed by atoms with Crippen molar-refractivity contribution < 1.29 is 23.5 Å². The van der Waals surface area contributed by atoms with Crippen LogP contribution in [0.1, 0.15) is 11.7 Å². The lowest BCUT2D eigenvalue weighted by atomic mass is 10.1. The van der Waals surface area contributed by atoms with Crippen molar-refractivity contribution in [3.63, 3.8) is 0 Å². The molecule has 25 heavy (non-hydrogen) atoms. The van der Waals surface area contributed by atoms with Crippen LogP contribution in [0.5, 0.6) is 5.75 Å². The smallest absolute Gasteiger partial charge is 0.313 e. The summed E-state index contributed by atoms with van der Waals surface area (Å²) in [5, 5.41) is 4.94. The molecule has 2 aromatic carbocycles. The van der Waals surface area contributed by atoms with Gasteiger partial charge in [0.1, 0.15) is 11.6 Å². The fourth-order valence-corrected chi connectivity index (χ4v) is 2.24. The lowest BCUT2D eigenvalue weighted by molar-refractivity contribution is -0.136. The zero-order chi connectivity index (χ0) is 18.2. The van der Waals surface area contributed by atoms with E-state index in [2.05, 4.69) is 10.6 Å². The molecule has 0 radical (unpaired) electrons. The average Bonchev–Trinajstić information content (AvgIpc) is 2.62. The Morgan fingerprint density at radius 2 is 1.84 bits per heavy atom. The third-order valence-corrected chi connectivity index (χ3v) is 3.51. The first kappa shape index (κ1) is 18.4. The number of nitrogens with one attached hydrogen (secondary N) is 2. The van der Waals surface area contributed by atoms with Gasteiger partial charge in [0.15, 0.2) is 0 Å². The van der Waals surface area contributed by atoms with Crippen molar-refractivity contribution >= 4 is 17.5 Å². The third-order valence-electron chi connectivity index (χ3n) is 3.51. The molecule has 7 heteroatoms. The molecular weight excluding hydrogens is 327 g/mol. The van der Waals surface area contributed by atoms with Crippen LogP contribution in [0.25, 0.3) is 0 Å². The summed E-state index contributed by atoms with van der Waals surface area (Å²) >= 11 is 0. The van der Waals surface area contributed by atoms with E-state index in [1.807, 2.05) is 0 Å². The topological polar surface area (TPSA) is 76.7 Å². The first-order chi connectivity index (χ1) is 12.0. The molecule has 0 aliphatic rings. The number of para-hydroxylation sites is 2. The van der Waals surface area contributed by atoms with Gasteiger partial charge in [-0.05, 0) is 29.8 Å². The number of carbonyl (C=O) groups excluding carboxylic acids is 2. The van der Waals surface area contributed by atoms with E-state index in [-0.39, 0.29) is 6.54 Å². The molecule has 2 rings (SSSR count). The highest BCUT2D eigenvalue weighted by atomic mass is 19.1. The van der Waals surface area contributed by atoms with E-state index < -0.39 is 23.7 Å². The van der Waals surface area contributed by atoms with Gasteiger partial charge in [0, 0.05) is 13.7 Å². The normalized spacial score (nSPS) is 11.5. The van der Waals surface area contributed by atoms with Crippen LogP contribution < -0.4 is 15.4 Å². The number of amides is 2. The summed E-state index contributed by atoms with van der Waals surface area (Å²) < 4.78 is 23.6. The molecule has 0 heterocycles. The molecule has 0 bridgehead atoms. The molecular formula is C18H19FN2O4. The zero-order valence-electron chi connectivity index (χ0n) is 13.9. The van der Waals surface area contributed by atoms with E-state index in [0.29, 0.717) is 17.0 Å². The first-order valence-electron chi connectivity index (χ1n) is 7.55. The van der Waals surface area contributed by atoms with Gasteiger partial charge in [-0.25, -0.2) is 4.39 Å². The van der Waals surface area contributed by atoms with Crippen molar-refractivity contribution in [2.75, 3.05) is 26.1 Å². The highest BCUT2D eigenvalue weighted by Gasteiger charge is 2.18. The molecule has 2 amide bonds. The van der Waals surface area contributed by atoms with Crippen molar-refractivity contribution in [1.29, 1.82) is 0 Å². The number of halogens is 1. The second kappa shape index (κ2) is 8.79. The number of hydrogen-bond donors (Lipinski definition) is 2. The average molecular weight is 346 g/mol. The number of anilines is 1. The summed E-state index contributed by atoms with van der Waals surface area (Å²) in [6.07, 6.45) is -0.571. The molecule has 0 fully saturated rings. The molecule has 0 aliphatic heterocycles. The lowest BCUT2D eigenvalue weighted by Gasteiger charge is -2.16. The van der Waals surface area contributed by atoms with Gasteiger partial charge < -0.3 is 20.1 Å². The quantitative estimate of drug-likeness (QED) is 0.787. The van der Waals surface area contributed by atoms with Crippen molar-refractivity contribution in [1.82, 2.24) is 5.32 Å². The van der Waals surface area contributed by atoms with E-state index in [1.165, 1.54) is 26.4 Å². The van der Waals surface area contributed by atoms with Gasteiger partial charge in [0.2, 0.25) is 0 Å². The van der Waals surface area contributed by atoms with Crippen LogP contribution in [0.3, 0.4) is 0 Å². The molecule has 0 spiro atoms. The van der Waals surface area contributed by atoms with Gasteiger partial charge in [-0.1, -0.05) is 24.3 Å². The Morgan fingerprint density at radius 3 is 2.52 bits per heavy atom. The predicted octanol–water partition coefficient (Wildman–Crippen LogP) is 2.28. The van der Waals surface area contributed by atoms with Crippen LogP contribution >= 0.6 is 0 Å². The highest BCUT2D eigenvalue weighted by Crippen LogP contribution is 2.22. The summed E-state index contributed by atoms with van der Waals surface area (Å²) in [7, 11) is 2.91. The van der Waals surface area contributed by atoms with Crippen molar-refractivity contribution in [3.05, 3.63) is 59.9 Å². The maximum absolute atomic E-state index is 13.3. The second-order valence-corrected chi connectivity index (χ2v) is 5.14. The molecule has 132 valence electrons. The Morgan fingerprint density at radius 1 is 1.08 bits per heavy atom. The van der Waals surface area contributed by atoms with E-state index in [0.717, 1.165) is 0 Å². The van der Waals surface area contributed by atoms with Crippen LogP contribution in [0.15, 0.2) is 48.5 Å². The van der Waals surface area contributed by atoms with Gasteiger partial charge in [0.25, 0.3) is 0 Å². The molecule has 0 saturated heterocycles. The summed E-state index contributed by atoms with van der Waals surface area (Å²) in [5.74, 6) is -1.62. The summed E-state index contributed by atoms with van der Waals surface area (Å²) in [6.45, 7) is 0.0259. The molecule has 1 atom stereocenters. The largest absolute Gasteiger partial charge is 0.495 e. The summed E-state index contributed by atoms with van der Waals surface area (Å²) in [4.78, 5) is 24.0. The fraction of sp³-hybridized carbons (Fsp3) is 0.222.